The molecule has 19 heavy (non-hydrogen) atoms. The Bertz CT molecular complexity index is 532. The van der Waals surface area contributed by atoms with Crippen LogP contribution in [0.1, 0.15) is 32.5 Å². The SMILES string of the molecule is CCCCc1nc(NCC)cc(-c2cnn(C)c2)n1. The van der Waals surface area contributed by atoms with Gasteiger partial charge in [-0.15, -0.1) is 0 Å². The summed E-state index contributed by atoms with van der Waals surface area (Å²) in [6.07, 6.45) is 6.99. The van der Waals surface area contributed by atoms with Crippen molar-refractivity contribution in [2.45, 2.75) is 33.1 Å². The Hall–Kier alpha value is -1.91. The summed E-state index contributed by atoms with van der Waals surface area (Å²) >= 11 is 0. The largest absolute Gasteiger partial charge is 0.370 e. The Morgan fingerprint density at radius 2 is 2.11 bits per heavy atom. The first-order valence-electron chi connectivity index (χ1n) is 6.83. The molecule has 102 valence electrons. The normalized spacial score (nSPS) is 10.7. The fourth-order valence-electron chi connectivity index (χ4n) is 1.92. The molecule has 0 atom stereocenters. The first-order chi connectivity index (χ1) is 9.22. The molecule has 0 saturated carbocycles. The molecule has 0 aliphatic carbocycles. The van der Waals surface area contributed by atoms with Gasteiger partial charge in [0.1, 0.15) is 11.6 Å². The zero-order valence-corrected chi connectivity index (χ0v) is 11.8. The molecule has 0 aromatic carbocycles. The highest BCUT2D eigenvalue weighted by Crippen LogP contribution is 2.19. The van der Waals surface area contributed by atoms with Gasteiger partial charge >= 0.3 is 0 Å². The molecule has 0 spiro atoms. The minimum absolute atomic E-state index is 0.858. The number of hydrogen-bond acceptors (Lipinski definition) is 4. The molecule has 5 nitrogen and oxygen atoms in total. The van der Waals surface area contributed by atoms with Crippen LogP contribution in [-0.2, 0) is 13.5 Å². The van der Waals surface area contributed by atoms with Crippen LogP contribution >= 0.6 is 0 Å². The van der Waals surface area contributed by atoms with E-state index in [4.69, 9.17) is 0 Å². The molecule has 1 N–H and O–H groups in total. The van der Waals surface area contributed by atoms with E-state index in [1.807, 2.05) is 25.5 Å². The van der Waals surface area contributed by atoms with E-state index in [2.05, 4.69) is 34.2 Å². The first-order valence-corrected chi connectivity index (χ1v) is 6.83. The third-order valence-corrected chi connectivity index (χ3v) is 2.88. The fourth-order valence-corrected chi connectivity index (χ4v) is 1.92. The molecule has 0 bridgehead atoms. The maximum absolute atomic E-state index is 4.63. The number of aromatic nitrogens is 4. The molecule has 2 aromatic heterocycles. The van der Waals surface area contributed by atoms with E-state index >= 15 is 0 Å². The average Bonchev–Trinajstić information content (AvgIpc) is 2.83. The summed E-state index contributed by atoms with van der Waals surface area (Å²) in [5, 5.41) is 7.46. The number of aryl methyl sites for hydroxylation is 2. The molecule has 0 radical (unpaired) electrons. The van der Waals surface area contributed by atoms with Gasteiger partial charge in [-0.25, -0.2) is 9.97 Å². The van der Waals surface area contributed by atoms with Crippen LogP contribution in [0.5, 0.6) is 0 Å². The monoisotopic (exact) mass is 259 g/mol. The van der Waals surface area contributed by atoms with Crippen molar-refractivity contribution in [3.63, 3.8) is 0 Å². The second-order valence-corrected chi connectivity index (χ2v) is 4.59. The lowest BCUT2D eigenvalue weighted by Gasteiger charge is -2.07. The van der Waals surface area contributed by atoms with E-state index in [1.165, 1.54) is 0 Å². The number of nitrogens with zero attached hydrogens (tertiary/aromatic N) is 4. The van der Waals surface area contributed by atoms with Gasteiger partial charge in [-0.3, -0.25) is 4.68 Å². The van der Waals surface area contributed by atoms with Crippen molar-refractivity contribution in [1.29, 1.82) is 0 Å². The molecule has 0 amide bonds. The number of nitrogens with one attached hydrogen (secondary N) is 1. The molecule has 2 heterocycles. The number of unbranched alkanes of at least 4 members (excludes halogenated alkanes) is 1. The Morgan fingerprint density at radius 1 is 1.26 bits per heavy atom. The van der Waals surface area contributed by atoms with Crippen LogP contribution in [0.15, 0.2) is 18.5 Å². The molecule has 0 unspecified atom stereocenters. The molecular weight excluding hydrogens is 238 g/mol. The molecule has 0 aliphatic rings. The van der Waals surface area contributed by atoms with E-state index in [-0.39, 0.29) is 0 Å². The van der Waals surface area contributed by atoms with Crippen molar-refractivity contribution in [2.24, 2.45) is 7.05 Å². The summed E-state index contributed by atoms with van der Waals surface area (Å²) in [6, 6.07) is 1.98. The Labute approximate surface area is 114 Å². The van der Waals surface area contributed by atoms with Crippen molar-refractivity contribution in [2.75, 3.05) is 11.9 Å². The molecule has 0 fully saturated rings. The van der Waals surface area contributed by atoms with Gasteiger partial charge in [0.05, 0.1) is 11.9 Å². The van der Waals surface area contributed by atoms with Crippen LogP contribution in [0.2, 0.25) is 0 Å². The maximum Gasteiger partial charge on any atom is 0.131 e. The highest BCUT2D eigenvalue weighted by molar-refractivity contribution is 5.60. The summed E-state index contributed by atoms with van der Waals surface area (Å²) in [6.45, 7) is 5.10. The summed E-state index contributed by atoms with van der Waals surface area (Å²) in [5.41, 5.74) is 1.96. The fraction of sp³-hybridized carbons (Fsp3) is 0.500. The summed E-state index contributed by atoms with van der Waals surface area (Å²) in [4.78, 5) is 9.18. The first kappa shape index (κ1) is 13.5. The molecule has 2 aromatic rings. The van der Waals surface area contributed by atoms with Crippen LogP contribution in [-0.4, -0.2) is 26.3 Å². The third kappa shape index (κ3) is 3.53. The highest BCUT2D eigenvalue weighted by atomic mass is 15.2. The predicted octanol–water partition coefficient (Wildman–Crippen LogP) is 2.65. The second kappa shape index (κ2) is 6.31. The number of anilines is 1. The molecular formula is C14H21N5. The van der Waals surface area contributed by atoms with Gasteiger partial charge in [-0.05, 0) is 13.3 Å². The lowest BCUT2D eigenvalue weighted by molar-refractivity contribution is 0.753. The lowest BCUT2D eigenvalue weighted by Crippen LogP contribution is -2.04. The van der Waals surface area contributed by atoms with Gasteiger partial charge in [0, 0.05) is 37.8 Å². The van der Waals surface area contributed by atoms with Crippen molar-refractivity contribution in [3.8, 4) is 11.3 Å². The van der Waals surface area contributed by atoms with Gasteiger partial charge < -0.3 is 5.32 Å². The van der Waals surface area contributed by atoms with Crippen LogP contribution in [0.3, 0.4) is 0 Å². The van der Waals surface area contributed by atoms with Crippen molar-refractivity contribution >= 4 is 5.82 Å². The van der Waals surface area contributed by atoms with E-state index < -0.39 is 0 Å². The molecule has 0 aliphatic heterocycles. The van der Waals surface area contributed by atoms with Gasteiger partial charge in [0.25, 0.3) is 0 Å². The molecule has 0 saturated heterocycles. The summed E-state index contributed by atoms with van der Waals surface area (Å²) < 4.78 is 1.79. The lowest BCUT2D eigenvalue weighted by atomic mass is 10.2. The van der Waals surface area contributed by atoms with Crippen molar-refractivity contribution in [3.05, 3.63) is 24.3 Å². The van der Waals surface area contributed by atoms with Crippen LogP contribution in [0.25, 0.3) is 11.3 Å². The zero-order valence-electron chi connectivity index (χ0n) is 11.8. The van der Waals surface area contributed by atoms with Crippen LogP contribution in [0, 0.1) is 0 Å². The van der Waals surface area contributed by atoms with Gasteiger partial charge in [0.2, 0.25) is 0 Å². The quantitative estimate of drug-likeness (QED) is 0.866. The minimum Gasteiger partial charge on any atom is -0.370 e. The Balaban J connectivity index is 2.33. The van der Waals surface area contributed by atoms with Crippen LogP contribution < -0.4 is 5.32 Å². The van der Waals surface area contributed by atoms with E-state index in [0.29, 0.717) is 0 Å². The summed E-state index contributed by atoms with van der Waals surface area (Å²) in [7, 11) is 1.91. The van der Waals surface area contributed by atoms with Gasteiger partial charge in [0.15, 0.2) is 0 Å². The predicted molar refractivity (Wildman–Crippen MR) is 77.0 cm³/mol. The summed E-state index contributed by atoms with van der Waals surface area (Å²) in [5.74, 6) is 1.79. The number of rotatable bonds is 6. The number of hydrogen-bond donors (Lipinski definition) is 1. The topological polar surface area (TPSA) is 55.6 Å². The Kier molecular flexibility index (Phi) is 4.49. The third-order valence-electron chi connectivity index (χ3n) is 2.88. The minimum atomic E-state index is 0.858. The average molecular weight is 259 g/mol. The standard InChI is InChI=1S/C14H21N5/c1-4-6-7-13-17-12(8-14(18-13)15-5-2)11-9-16-19(3)10-11/h8-10H,4-7H2,1-3H3,(H,15,17,18). The maximum atomic E-state index is 4.63. The van der Waals surface area contributed by atoms with Crippen molar-refractivity contribution < 1.29 is 0 Å². The smallest absolute Gasteiger partial charge is 0.131 e. The highest BCUT2D eigenvalue weighted by Gasteiger charge is 2.07. The molecule has 5 heteroatoms. The van der Waals surface area contributed by atoms with E-state index in [1.54, 1.807) is 4.68 Å². The zero-order chi connectivity index (χ0) is 13.7. The van der Waals surface area contributed by atoms with E-state index in [0.717, 1.165) is 48.7 Å². The van der Waals surface area contributed by atoms with E-state index in [9.17, 15) is 0 Å². The van der Waals surface area contributed by atoms with Gasteiger partial charge in [-0.2, -0.15) is 5.10 Å². The van der Waals surface area contributed by atoms with Gasteiger partial charge in [-0.1, -0.05) is 13.3 Å². The second-order valence-electron chi connectivity index (χ2n) is 4.59. The van der Waals surface area contributed by atoms with Crippen LogP contribution in [0.4, 0.5) is 5.82 Å². The molecule has 2 rings (SSSR count). The Morgan fingerprint density at radius 3 is 2.74 bits per heavy atom. The van der Waals surface area contributed by atoms with Crippen molar-refractivity contribution in [1.82, 2.24) is 19.7 Å².